The van der Waals surface area contributed by atoms with Gasteiger partial charge in [-0.15, -0.1) is 0 Å². The number of carbonyl (C=O) groups is 2. The normalized spacial score (nSPS) is 22.5. The number of rotatable bonds is 3. The standard InChI is InChI=1S/C17H24N2O3/c1-12-7-4-5-8-13(12)16(2,3)15(21)19-10-6-9-17(22,11-19)14(18)20/h4-5,7-8,22H,6,9-11H2,1-3H3,(H2,18,20)/t17-/m1/s1. The molecule has 22 heavy (non-hydrogen) atoms. The molecule has 0 saturated carbocycles. The van der Waals surface area contributed by atoms with Crippen LogP contribution in [0, 0.1) is 6.92 Å². The van der Waals surface area contributed by atoms with E-state index in [0.717, 1.165) is 11.1 Å². The van der Waals surface area contributed by atoms with Gasteiger partial charge in [0, 0.05) is 6.54 Å². The third-order valence-electron chi connectivity index (χ3n) is 4.57. The fraction of sp³-hybridized carbons (Fsp3) is 0.529. The number of β-amino-alcohol motifs (C(OH)–C–C–N with tert-alkyl or cyclic N) is 1. The predicted octanol–water partition coefficient (Wildman–Crippen LogP) is 1.11. The molecule has 0 aliphatic carbocycles. The van der Waals surface area contributed by atoms with Gasteiger partial charge in [-0.3, -0.25) is 9.59 Å². The van der Waals surface area contributed by atoms with Crippen LogP contribution in [0.3, 0.4) is 0 Å². The number of benzene rings is 1. The van der Waals surface area contributed by atoms with E-state index in [4.69, 9.17) is 5.73 Å². The largest absolute Gasteiger partial charge is 0.378 e. The Morgan fingerprint density at radius 3 is 2.55 bits per heavy atom. The average Bonchev–Trinajstić information content (AvgIpc) is 2.46. The average molecular weight is 304 g/mol. The second kappa shape index (κ2) is 5.72. The van der Waals surface area contributed by atoms with Crippen LogP contribution in [0.25, 0.3) is 0 Å². The van der Waals surface area contributed by atoms with Crippen LogP contribution in [0.5, 0.6) is 0 Å². The first-order chi connectivity index (χ1) is 10.2. The molecule has 1 fully saturated rings. The van der Waals surface area contributed by atoms with Crippen molar-refractivity contribution in [1.29, 1.82) is 0 Å². The Morgan fingerprint density at radius 2 is 1.95 bits per heavy atom. The van der Waals surface area contributed by atoms with Gasteiger partial charge in [0.05, 0.1) is 12.0 Å². The second-order valence-corrected chi connectivity index (χ2v) is 6.67. The van der Waals surface area contributed by atoms with Crippen molar-refractivity contribution in [3.63, 3.8) is 0 Å². The summed E-state index contributed by atoms with van der Waals surface area (Å²) in [5.41, 5.74) is 4.94. The van der Waals surface area contributed by atoms with Crippen LogP contribution in [0.2, 0.25) is 0 Å². The molecule has 0 bridgehead atoms. The first-order valence-electron chi connectivity index (χ1n) is 7.56. The lowest BCUT2D eigenvalue weighted by atomic mass is 9.79. The predicted molar refractivity (Wildman–Crippen MR) is 84.2 cm³/mol. The fourth-order valence-electron chi connectivity index (χ4n) is 3.20. The lowest BCUT2D eigenvalue weighted by Crippen LogP contribution is -2.59. The van der Waals surface area contributed by atoms with Gasteiger partial charge >= 0.3 is 0 Å². The Balaban J connectivity index is 2.27. The molecule has 2 amide bonds. The first kappa shape index (κ1) is 16.5. The van der Waals surface area contributed by atoms with Crippen LogP contribution in [0.4, 0.5) is 0 Å². The summed E-state index contributed by atoms with van der Waals surface area (Å²) in [5, 5.41) is 10.3. The lowest BCUT2D eigenvalue weighted by Gasteiger charge is -2.40. The molecule has 1 aromatic rings. The summed E-state index contributed by atoms with van der Waals surface area (Å²) in [4.78, 5) is 26.0. The van der Waals surface area contributed by atoms with E-state index in [1.165, 1.54) is 0 Å². The maximum absolute atomic E-state index is 12.9. The zero-order chi connectivity index (χ0) is 16.5. The van der Waals surface area contributed by atoms with Gasteiger partial charge in [-0.05, 0) is 44.7 Å². The summed E-state index contributed by atoms with van der Waals surface area (Å²) < 4.78 is 0. The van der Waals surface area contributed by atoms with E-state index in [0.29, 0.717) is 19.4 Å². The number of piperidine rings is 1. The summed E-state index contributed by atoms with van der Waals surface area (Å²) in [7, 11) is 0. The molecule has 1 heterocycles. The zero-order valence-corrected chi connectivity index (χ0v) is 13.4. The molecular weight excluding hydrogens is 280 g/mol. The number of nitrogens with two attached hydrogens (primary N) is 1. The molecule has 2 rings (SSSR count). The van der Waals surface area contributed by atoms with Gasteiger partial charge in [-0.1, -0.05) is 24.3 Å². The van der Waals surface area contributed by atoms with E-state index in [-0.39, 0.29) is 12.5 Å². The number of amides is 2. The molecule has 1 aromatic carbocycles. The van der Waals surface area contributed by atoms with Crippen molar-refractivity contribution >= 4 is 11.8 Å². The van der Waals surface area contributed by atoms with Crippen molar-refractivity contribution in [3.8, 4) is 0 Å². The van der Waals surface area contributed by atoms with Crippen molar-refractivity contribution in [2.75, 3.05) is 13.1 Å². The van der Waals surface area contributed by atoms with Gasteiger partial charge in [-0.2, -0.15) is 0 Å². The SMILES string of the molecule is Cc1ccccc1C(C)(C)C(=O)N1CCC[C@](O)(C(N)=O)C1. The van der Waals surface area contributed by atoms with E-state index in [1.807, 2.05) is 45.0 Å². The monoisotopic (exact) mass is 304 g/mol. The minimum absolute atomic E-state index is 0.0313. The summed E-state index contributed by atoms with van der Waals surface area (Å²) in [6.07, 6.45) is 0.867. The van der Waals surface area contributed by atoms with Crippen molar-refractivity contribution in [1.82, 2.24) is 4.90 Å². The molecule has 1 aliphatic heterocycles. The van der Waals surface area contributed by atoms with E-state index in [2.05, 4.69) is 0 Å². The number of hydrogen-bond acceptors (Lipinski definition) is 3. The number of nitrogens with zero attached hydrogens (tertiary/aromatic N) is 1. The molecule has 1 aliphatic rings. The van der Waals surface area contributed by atoms with Crippen molar-refractivity contribution < 1.29 is 14.7 Å². The Labute approximate surface area is 131 Å². The highest BCUT2D eigenvalue weighted by atomic mass is 16.3. The minimum atomic E-state index is -1.62. The van der Waals surface area contributed by atoms with E-state index >= 15 is 0 Å². The lowest BCUT2D eigenvalue weighted by molar-refractivity contribution is -0.151. The molecule has 0 aromatic heterocycles. The Bertz CT molecular complexity index is 597. The Kier molecular flexibility index (Phi) is 4.29. The highest BCUT2D eigenvalue weighted by molar-refractivity contribution is 5.90. The molecule has 5 nitrogen and oxygen atoms in total. The molecule has 0 unspecified atom stereocenters. The Hall–Kier alpha value is -1.88. The maximum Gasteiger partial charge on any atom is 0.251 e. The van der Waals surface area contributed by atoms with Crippen LogP contribution in [-0.4, -0.2) is 40.5 Å². The smallest absolute Gasteiger partial charge is 0.251 e. The van der Waals surface area contributed by atoms with Gasteiger partial charge in [-0.25, -0.2) is 0 Å². The van der Waals surface area contributed by atoms with E-state index < -0.39 is 16.9 Å². The minimum Gasteiger partial charge on any atom is -0.378 e. The first-order valence-corrected chi connectivity index (χ1v) is 7.56. The van der Waals surface area contributed by atoms with Gasteiger partial charge in [0.25, 0.3) is 5.91 Å². The molecule has 0 radical (unpaired) electrons. The van der Waals surface area contributed by atoms with Gasteiger partial charge in [0.1, 0.15) is 0 Å². The van der Waals surface area contributed by atoms with Gasteiger partial charge in [0.2, 0.25) is 5.91 Å². The summed E-state index contributed by atoms with van der Waals surface area (Å²) in [6, 6.07) is 7.76. The fourth-order valence-corrected chi connectivity index (χ4v) is 3.20. The highest BCUT2D eigenvalue weighted by Crippen LogP contribution is 2.31. The Morgan fingerprint density at radius 1 is 1.32 bits per heavy atom. The molecule has 120 valence electrons. The second-order valence-electron chi connectivity index (χ2n) is 6.67. The topological polar surface area (TPSA) is 83.6 Å². The summed E-state index contributed by atoms with van der Waals surface area (Å²) >= 11 is 0. The van der Waals surface area contributed by atoms with Crippen molar-refractivity contribution in [3.05, 3.63) is 35.4 Å². The summed E-state index contributed by atoms with van der Waals surface area (Å²) in [6.45, 7) is 6.21. The number of primary amides is 1. The van der Waals surface area contributed by atoms with Crippen LogP contribution in [-0.2, 0) is 15.0 Å². The van der Waals surface area contributed by atoms with E-state index in [9.17, 15) is 14.7 Å². The number of aliphatic hydroxyl groups is 1. The third kappa shape index (κ3) is 2.86. The molecule has 3 N–H and O–H groups in total. The number of aryl methyl sites for hydroxylation is 1. The maximum atomic E-state index is 12.9. The summed E-state index contributed by atoms with van der Waals surface area (Å²) in [5.74, 6) is -0.861. The van der Waals surface area contributed by atoms with Crippen LogP contribution >= 0.6 is 0 Å². The van der Waals surface area contributed by atoms with Crippen molar-refractivity contribution in [2.24, 2.45) is 5.73 Å². The highest BCUT2D eigenvalue weighted by Gasteiger charge is 2.43. The molecule has 0 spiro atoms. The molecular formula is C17H24N2O3. The van der Waals surface area contributed by atoms with Crippen LogP contribution < -0.4 is 5.73 Å². The van der Waals surface area contributed by atoms with Gasteiger partial charge in [0.15, 0.2) is 5.60 Å². The van der Waals surface area contributed by atoms with Crippen LogP contribution in [0.15, 0.2) is 24.3 Å². The van der Waals surface area contributed by atoms with Crippen LogP contribution in [0.1, 0.15) is 37.8 Å². The quantitative estimate of drug-likeness (QED) is 0.877. The third-order valence-corrected chi connectivity index (χ3v) is 4.57. The molecule has 5 heteroatoms. The number of carbonyl (C=O) groups excluding carboxylic acids is 2. The van der Waals surface area contributed by atoms with Crippen molar-refractivity contribution in [2.45, 2.75) is 44.6 Å². The molecule has 1 saturated heterocycles. The number of likely N-dealkylation sites (tertiary alicyclic amines) is 1. The van der Waals surface area contributed by atoms with E-state index in [1.54, 1.807) is 4.90 Å². The number of hydrogen-bond donors (Lipinski definition) is 2. The van der Waals surface area contributed by atoms with Gasteiger partial charge < -0.3 is 15.7 Å². The zero-order valence-electron chi connectivity index (χ0n) is 13.4. The molecule has 1 atom stereocenters.